The summed E-state index contributed by atoms with van der Waals surface area (Å²) in [4.78, 5) is 12.4. The van der Waals surface area contributed by atoms with Gasteiger partial charge >= 0.3 is 0 Å². The van der Waals surface area contributed by atoms with E-state index in [0.717, 1.165) is 40.6 Å². The number of amides is 1. The molecular formula is C21H21NO2. The normalized spacial score (nSPS) is 13.2. The molecule has 3 heteroatoms. The second kappa shape index (κ2) is 5.82. The van der Waals surface area contributed by atoms with Gasteiger partial charge in [-0.25, -0.2) is 0 Å². The first-order chi connectivity index (χ1) is 11.6. The molecule has 0 spiro atoms. The van der Waals surface area contributed by atoms with Gasteiger partial charge in [0.1, 0.15) is 5.58 Å². The van der Waals surface area contributed by atoms with E-state index in [1.807, 2.05) is 19.1 Å². The maximum Gasteiger partial charge on any atom is 0.228 e. The van der Waals surface area contributed by atoms with E-state index in [0.29, 0.717) is 6.42 Å². The lowest BCUT2D eigenvalue weighted by Crippen LogP contribution is -2.15. The molecule has 0 aliphatic heterocycles. The molecule has 0 fully saturated rings. The van der Waals surface area contributed by atoms with Gasteiger partial charge in [-0.2, -0.15) is 0 Å². The van der Waals surface area contributed by atoms with Gasteiger partial charge in [0.2, 0.25) is 5.91 Å². The highest BCUT2D eigenvalue weighted by atomic mass is 16.3. The Kier molecular flexibility index (Phi) is 3.64. The van der Waals surface area contributed by atoms with Crippen LogP contribution in [0.2, 0.25) is 0 Å². The summed E-state index contributed by atoms with van der Waals surface area (Å²) in [6, 6.07) is 10.4. The molecular weight excluding hydrogens is 298 g/mol. The number of furan rings is 1. The number of hydrogen-bond acceptors (Lipinski definition) is 2. The molecule has 3 aromatic rings. The molecule has 0 unspecified atom stereocenters. The molecule has 1 heterocycles. The van der Waals surface area contributed by atoms with Crippen LogP contribution in [-0.4, -0.2) is 5.91 Å². The molecule has 0 bridgehead atoms. The Morgan fingerprint density at radius 3 is 2.71 bits per heavy atom. The molecule has 0 saturated carbocycles. The molecule has 1 amide bonds. The molecule has 0 saturated heterocycles. The van der Waals surface area contributed by atoms with Crippen molar-refractivity contribution in [2.45, 2.75) is 39.5 Å². The number of rotatable bonds is 3. The summed E-state index contributed by atoms with van der Waals surface area (Å²) >= 11 is 0. The van der Waals surface area contributed by atoms with Crippen LogP contribution < -0.4 is 5.32 Å². The Balaban J connectivity index is 1.56. The van der Waals surface area contributed by atoms with E-state index in [-0.39, 0.29) is 5.91 Å². The summed E-state index contributed by atoms with van der Waals surface area (Å²) in [5, 5.41) is 4.09. The number of carbonyl (C=O) groups is 1. The van der Waals surface area contributed by atoms with Gasteiger partial charge in [0, 0.05) is 16.6 Å². The van der Waals surface area contributed by atoms with Crippen LogP contribution in [0.25, 0.3) is 11.0 Å². The Hall–Kier alpha value is -2.55. The van der Waals surface area contributed by atoms with Crippen molar-refractivity contribution >= 4 is 22.6 Å². The van der Waals surface area contributed by atoms with E-state index < -0.39 is 0 Å². The summed E-state index contributed by atoms with van der Waals surface area (Å²) in [6.45, 7) is 4.06. The fourth-order valence-electron chi connectivity index (χ4n) is 3.61. The van der Waals surface area contributed by atoms with Crippen LogP contribution in [-0.2, 0) is 24.1 Å². The quantitative estimate of drug-likeness (QED) is 0.759. The highest BCUT2D eigenvalue weighted by Gasteiger charge is 2.17. The number of hydrogen-bond donors (Lipinski definition) is 1. The van der Waals surface area contributed by atoms with Crippen molar-refractivity contribution in [2.75, 3.05) is 5.32 Å². The Morgan fingerprint density at radius 1 is 1.12 bits per heavy atom. The molecule has 1 aromatic heterocycles. The van der Waals surface area contributed by atoms with Crippen LogP contribution in [0.15, 0.2) is 41.0 Å². The Labute approximate surface area is 141 Å². The number of benzene rings is 2. The van der Waals surface area contributed by atoms with Crippen LogP contribution in [0.3, 0.4) is 0 Å². The standard InChI is InChI=1S/C21H21NO2/c1-13-6-7-19(14(2)8-13)22-21(23)11-17-12-24-20-10-16-5-3-4-15(16)9-18(17)20/h6-10,12H,3-5,11H2,1-2H3,(H,22,23). The third-order valence-electron chi connectivity index (χ3n) is 4.88. The second-order valence-electron chi connectivity index (χ2n) is 6.77. The summed E-state index contributed by atoms with van der Waals surface area (Å²) in [5.74, 6) is -0.00912. The number of anilines is 1. The van der Waals surface area contributed by atoms with E-state index in [9.17, 15) is 4.79 Å². The van der Waals surface area contributed by atoms with Crippen molar-refractivity contribution in [2.24, 2.45) is 0 Å². The van der Waals surface area contributed by atoms with E-state index in [1.165, 1.54) is 23.1 Å². The molecule has 0 radical (unpaired) electrons. The van der Waals surface area contributed by atoms with Gasteiger partial charge < -0.3 is 9.73 Å². The zero-order valence-electron chi connectivity index (χ0n) is 14.1. The third-order valence-corrected chi connectivity index (χ3v) is 4.88. The largest absolute Gasteiger partial charge is 0.464 e. The molecule has 3 nitrogen and oxygen atoms in total. The monoisotopic (exact) mass is 319 g/mol. The van der Waals surface area contributed by atoms with Crippen molar-refractivity contribution in [1.82, 2.24) is 0 Å². The molecule has 1 aliphatic rings. The minimum atomic E-state index is -0.00912. The first-order valence-corrected chi connectivity index (χ1v) is 8.49. The highest BCUT2D eigenvalue weighted by molar-refractivity contribution is 5.96. The predicted molar refractivity (Wildman–Crippen MR) is 96.5 cm³/mol. The van der Waals surface area contributed by atoms with Gasteiger partial charge in [0.05, 0.1) is 12.7 Å². The summed E-state index contributed by atoms with van der Waals surface area (Å²) in [6.07, 6.45) is 5.53. The first kappa shape index (κ1) is 15.0. The summed E-state index contributed by atoms with van der Waals surface area (Å²) in [5.41, 5.74) is 7.80. The zero-order valence-corrected chi connectivity index (χ0v) is 14.1. The smallest absolute Gasteiger partial charge is 0.228 e. The van der Waals surface area contributed by atoms with Crippen LogP contribution in [0.1, 0.15) is 34.2 Å². The van der Waals surface area contributed by atoms with Crippen LogP contribution in [0.5, 0.6) is 0 Å². The van der Waals surface area contributed by atoms with Crippen LogP contribution in [0, 0.1) is 13.8 Å². The minimum absolute atomic E-state index is 0.00912. The summed E-state index contributed by atoms with van der Waals surface area (Å²) < 4.78 is 5.68. The van der Waals surface area contributed by atoms with Crippen molar-refractivity contribution in [3.63, 3.8) is 0 Å². The van der Waals surface area contributed by atoms with Crippen LogP contribution in [0.4, 0.5) is 5.69 Å². The lowest BCUT2D eigenvalue weighted by Gasteiger charge is -2.09. The number of carbonyl (C=O) groups excluding carboxylic acids is 1. The zero-order chi connectivity index (χ0) is 16.7. The third kappa shape index (κ3) is 2.71. The van der Waals surface area contributed by atoms with E-state index >= 15 is 0 Å². The minimum Gasteiger partial charge on any atom is -0.464 e. The van der Waals surface area contributed by atoms with Crippen LogP contribution >= 0.6 is 0 Å². The number of nitrogens with one attached hydrogen (secondary N) is 1. The molecule has 2 aromatic carbocycles. The average Bonchev–Trinajstić information content (AvgIpc) is 3.15. The van der Waals surface area contributed by atoms with E-state index in [4.69, 9.17) is 4.42 Å². The van der Waals surface area contributed by atoms with Gasteiger partial charge in [-0.15, -0.1) is 0 Å². The van der Waals surface area contributed by atoms with Gasteiger partial charge in [0.15, 0.2) is 0 Å². The van der Waals surface area contributed by atoms with Crippen molar-refractivity contribution < 1.29 is 9.21 Å². The maximum absolute atomic E-state index is 12.4. The van der Waals surface area contributed by atoms with E-state index in [2.05, 4.69) is 30.4 Å². The van der Waals surface area contributed by atoms with Gasteiger partial charge in [-0.05, 0) is 68.0 Å². The Morgan fingerprint density at radius 2 is 1.92 bits per heavy atom. The maximum atomic E-state index is 12.4. The molecule has 0 atom stereocenters. The van der Waals surface area contributed by atoms with Gasteiger partial charge in [0.25, 0.3) is 0 Å². The predicted octanol–water partition coefficient (Wildman–Crippen LogP) is 4.72. The van der Waals surface area contributed by atoms with Crippen molar-refractivity contribution in [3.8, 4) is 0 Å². The Bertz CT molecular complexity index is 936. The fourth-order valence-corrected chi connectivity index (χ4v) is 3.61. The topological polar surface area (TPSA) is 42.2 Å². The highest BCUT2D eigenvalue weighted by Crippen LogP contribution is 2.30. The SMILES string of the molecule is Cc1ccc(NC(=O)Cc2coc3cc4c(cc23)CCC4)c(C)c1. The van der Waals surface area contributed by atoms with Crippen molar-refractivity contribution in [1.29, 1.82) is 0 Å². The van der Waals surface area contributed by atoms with E-state index in [1.54, 1.807) is 6.26 Å². The first-order valence-electron chi connectivity index (χ1n) is 8.49. The van der Waals surface area contributed by atoms with Gasteiger partial charge in [-0.1, -0.05) is 17.7 Å². The molecule has 122 valence electrons. The molecule has 1 N–H and O–H groups in total. The van der Waals surface area contributed by atoms with Crippen molar-refractivity contribution in [3.05, 3.63) is 64.4 Å². The van der Waals surface area contributed by atoms with Gasteiger partial charge in [-0.3, -0.25) is 4.79 Å². The molecule has 24 heavy (non-hydrogen) atoms. The number of aryl methyl sites for hydroxylation is 4. The fraction of sp³-hybridized carbons (Fsp3) is 0.286. The second-order valence-corrected chi connectivity index (χ2v) is 6.77. The lowest BCUT2D eigenvalue weighted by atomic mass is 10.0. The molecule has 1 aliphatic carbocycles. The number of fused-ring (bicyclic) bond motifs is 2. The molecule has 4 rings (SSSR count). The lowest BCUT2D eigenvalue weighted by molar-refractivity contribution is -0.115. The summed E-state index contributed by atoms with van der Waals surface area (Å²) in [7, 11) is 0. The average molecular weight is 319 g/mol.